The Balaban J connectivity index is 2.30. The molecule has 1 aliphatic heterocycles. The van der Waals surface area contributed by atoms with Crippen molar-refractivity contribution in [2.75, 3.05) is 40.3 Å². The van der Waals surface area contributed by atoms with Gasteiger partial charge >= 0.3 is 0 Å². The van der Waals surface area contributed by atoms with Crippen molar-refractivity contribution >= 4 is 0 Å². The fourth-order valence-corrected chi connectivity index (χ4v) is 2.12. The zero-order chi connectivity index (χ0) is 10.6. The molecule has 14 heavy (non-hydrogen) atoms. The lowest BCUT2D eigenvalue weighted by atomic mass is 10.1. The van der Waals surface area contributed by atoms with Crippen LogP contribution < -0.4 is 5.32 Å². The number of hydrogen-bond donors (Lipinski definition) is 1. The van der Waals surface area contributed by atoms with E-state index < -0.39 is 0 Å². The van der Waals surface area contributed by atoms with Crippen molar-refractivity contribution in [3.63, 3.8) is 0 Å². The van der Waals surface area contributed by atoms with Gasteiger partial charge in [-0.25, -0.2) is 0 Å². The SMILES string of the molecule is CC(CCN(C)C)N1CCNCC1C. The molecule has 84 valence electrons. The van der Waals surface area contributed by atoms with Crippen LogP contribution >= 0.6 is 0 Å². The van der Waals surface area contributed by atoms with E-state index >= 15 is 0 Å². The minimum atomic E-state index is 0.695. The Morgan fingerprint density at radius 1 is 1.50 bits per heavy atom. The summed E-state index contributed by atoms with van der Waals surface area (Å²) in [6.07, 6.45) is 1.28. The molecule has 2 atom stereocenters. The smallest absolute Gasteiger partial charge is 0.0195 e. The Labute approximate surface area is 88.5 Å². The predicted octanol–water partition coefficient (Wildman–Crippen LogP) is 0.620. The van der Waals surface area contributed by atoms with Crippen LogP contribution in [0.15, 0.2) is 0 Å². The van der Waals surface area contributed by atoms with Crippen molar-refractivity contribution in [2.45, 2.75) is 32.4 Å². The monoisotopic (exact) mass is 199 g/mol. The Morgan fingerprint density at radius 2 is 2.21 bits per heavy atom. The van der Waals surface area contributed by atoms with Crippen LogP contribution in [-0.2, 0) is 0 Å². The van der Waals surface area contributed by atoms with Crippen LogP contribution in [0.4, 0.5) is 0 Å². The van der Waals surface area contributed by atoms with E-state index in [1.54, 1.807) is 0 Å². The first-order valence-electron chi connectivity index (χ1n) is 5.72. The van der Waals surface area contributed by atoms with Gasteiger partial charge in [-0.15, -0.1) is 0 Å². The fraction of sp³-hybridized carbons (Fsp3) is 1.00. The molecule has 0 spiro atoms. The molecule has 1 rings (SSSR count). The maximum atomic E-state index is 3.43. The molecule has 1 fully saturated rings. The lowest BCUT2D eigenvalue weighted by molar-refractivity contribution is 0.115. The molecule has 0 aromatic rings. The minimum absolute atomic E-state index is 0.695. The number of nitrogens with one attached hydrogen (secondary N) is 1. The van der Waals surface area contributed by atoms with E-state index in [2.05, 4.69) is 43.1 Å². The zero-order valence-corrected chi connectivity index (χ0v) is 10.1. The lowest BCUT2D eigenvalue weighted by Gasteiger charge is -2.38. The number of rotatable bonds is 4. The van der Waals surface area contributed by atoms with Crippen LogP contribution in [0.2, 0.25) is 0 Å². The maximum Gasteiger partial charge on any atom is 0.0195 e. The molecular formula is C11H25N3. The van der Waals surface area contributed by atoms with E-state index in [-0.39, 0.29) is 0 Å². The molecule has 3 nitrogen and oxygen atoms in total. The van der Waals surface area contributed by atoms with E-state index in [0.29, 0.717) is 6.04 Å². The van der Waals surface area contributed by atoms with E-state index in [1.165, 1.54) is 19.5 Å². The highest BCUT2D eigenvalue weighted by Gasteiger charge is 2.22. The predicted molar refractivity (Wildman–Crippen MR) is 61.7 cm³/mol. The van der Waals surface area contributed by atoms with Gasteiger partial charge < -0.3 is 10.2 Å². The molecule has 0 aromatic carbocycles. The summed E-state index contributed by atoms with van der Waals surface area (Å²) >= 11 is 0. The highest BCUT2D eigenvalue weighted by Crippen LogP contribution is 2.10. The van der Waals surface area contributed by atoms with Crippen molar-refractivity contribution in [1.29, 1.82) is 0 Å². The van der Waals surface area contributed by atoms with Crippen molar-refractivity contribution in [1.82, 2.24) is 15.1 Å². The standard InChI is InChI=1S/C11H25N3/c1-10(5-7-13(3)4)14-8-6-12-9-11(14)2/h10-12H,5-9H2,1-4H3. The van der Waals surface area contributed by atoms with Crippen molar-refractivity contribution in [3.05, 3.63) is 0 Å². The van der Waals surface area contributed by atoms with Gasteiger partial charge in [0, 0.05) is 31.7 Å². The van der Waals surface area contributed by atoms with Crippen LogP contribution in [0.1, 0.15) is 20.3 Å². The first kappa shape index (κ1) is 12.0. The average molecular weight is 199 g/mol. The summed E-state index contributed by atoms with van der Waals surface area (Å²) in [5.41, 5.74) is 0. The largest absolute Gasteiger partial charge is 0.314 e. The topological polar surface area (TPSA) is 18.5 Å². The summed E-state index contributed by atoms with van der Waals surface area (Å²) in [6, 6.07) is 1.41. The number of nitrogens with zero attached hydrogens (tertiary/aromatic N) is 2. The van der Waals surface area contributed by atoms with Crippen molar-refractivity contribution < 1.29 is 0 Å². The molecule has 1 heterocycles. The van der Waals surface area contributed by atoms with Gasteiger partial charge in [-0.3, -0.25) is 4.90 Å². The summed E-state index contributed by atoms with van der Waals surface area (Å²) in [6.45, 7) is 9.36. The molecule has 1 N–H and O–H groups in total. The highest BCUT2D eigenvalue weighted by molar-refractivity contribution is 4.80. The summed E-state index contributed by atoms with van der Waals surface area (Å²) in [7, 11) is 4.29. The third kappa shape index (κ3) is 3.56. The van der Waals surface area contributed by atoms with Gasteiger partial charge in [0.2, 0.25) is 0 Å². The van der Waals surface area contributed by atoms with E-state index in [0.717, 1.165) is 19.1 Å². The lowest BCUT2D eigenvalue weighted by Crippen LogP contribution is -2.53. The van der Waals surface area contributed by atoms with Crippen LogP contribution in [0.5, 0.6) is 0 Å². The molecule has 0 amide bonds. The average Bonchev–Trinajstić information content (AvgIpc) is 2.15. The van der Waals surface area contributed by atoms with Gasteiger partial charge in [0.25, 0.3) is 0 Å². The molecule has 0 aromatic heterocycles. The van der Waals surface area contributed by atoms with E-state index in [1.807, 2.05) is 0 Å². The molecule has 3 heteroatoms. The van der Waals surface area contributed by atoms with Crippen LogP contribution in [0.3, 0.4) is 0 Å². The Bertz CT molecular complexity index is 159. The molecule has 0 bridgehead atoms. The quantitative estimate of drug-likeness (QED) is 0.716. The Kier molecular flexibility index (Phi) is 4.85. The van der Waals surface area contributed by atoms with Crippen molar-refractivity contribution in [3.8, 4) is 0 Å². The van der Waals surface area contributed by atoms with Gasteiger partial charge in [-0.1, -0.05) is 0 Å². The van der Waals surface area contributed by atoms with Gasteiger partial charge in [0.1, 0.15) is 0 Å². The summed E-state index contributed by atoms with van der Waals surface area (Å²) in [5, 5.41) is 3.43. The third-order valence-electron chi connectivity index (χ3n) is 3.11. The Hall–Kier alpha value is -0.120. The molecule has 0 aliphatic carbocycles. The van der Waals surface area contributed by atoms with Crippen LogP contribution in [0, 0.1) is 0 Å². The zero-order valence-electron chi connectivity index (χ0n) is 10.1. The minimum Gasteiger partial charge on any atom is -0.314 e. The summed E-state index contributed by atoms with van der Waals surface area (Å²) in [4.78, 5) is 4.89. The van der Waals surface area contributed by atoms with Crippen LogP contribution in [-0.4, -0.2) is 62.2 Å². The molecule has 0 saturated carbocycles. The number of piperazine rings is 1. The van der Waals surface area contributed by atoms with Gasteiger partial charge in [-0.2, -0.15) is 0 Å². The van der Waals surface area contributed by atoms with Gasteiger partial charge in [0.05, 0.1) is 0 Å². The molecule has 1 aliphatic rings. The van der Waals surface area contributed by atoms with Gasteiger partial charge in [0.15, 0.2) is 0 Å². The molecule has 2 unspecified atom stereocenters. The fourth-order valence-electron chi connectivity index (χ4n) is 2.12. The molecular weight excluding hydrogens is 174 g/mol. The second kappa shape index (κ2) is 5.69. The summed E-state index contributed by atoms with van der Waals surface area (Å²) < 4.78 is 0. The highest BCUT2D eigenvalue weighted by atomic mass is 15.2. The van der Waals surface area contributed by atoms with Crippen molar-refractivity contribution in [2.24, 2.45) is 0 Å². The first-order valence-corrected chi connectivity index (χ1v) is 5.72. The molecule has 0 radical (unpaired) electrons. The summed E-state index contributed by atoms with van der Waals surface area (Å²) in [5.74, 6) is 0. The Morgan fingerprint density at radius 3 is 2.79 bits per heavy atom. The normalized spacial score (nSPS) is 26.8. The second-order valence-corrected chi connectivity index (χ2v) is 4.73. The maximum absolute atomic E-state index is 3.43. The third-order valence-corrected chi connectivity index (χ3v) is 3.11. The van der Waals surface area contributed by atoms with Crippen LogP contribution in [0.25, 0.3) is 0 Å². The second-order valence-electron chi connectivity index (χ2n) is 4.73. The molecule has 1 saturated heterocycles. The van der Waals surface area contributed by atoms with E-state index in [4.69, 9.17) is 0 Å². The number of hydrogen-bond acceptors (Lipinski definition) is 3. The van der Waals surface area contributed by atoms with Gasteiger partial charge in [-0.05, 0) is 40.9 Å². The first-order chi connectivity index (χ1) is 6.61. The van der Waals surface area contributed by atoms with E-state index in [9.17, 15) is 0 Å².